The molecule has 0 aromatic carbocycles. The Labute approximate surface area is 120 Å². The molecule has 1 aromatic rings. The zero-order valence-electron chi connectivity index (χ0n) is 12.3. The van der Waals surface area contributed by atoms with Crippen molar-refractivity contribution in [3.63, 3.8) is 0 Å². The molecule has 3 unspecified atom stereocenters. The van der Waals surface area contributed by atoms with Crippen molar-refractivity contribution >= 4 is 0 Å². The van der Waals surface area contributed by atoms with Gasteiger partial charge in [-0.3, -0.25) is 0 Å². The smallest absolute Gasteiger partial charge is 0.243 e. The third kappa shape index (κ3) is 3.20. The molecule has 0 radical (unpaired) electrons. The van der Waals surface area contributed by atoms with E-state index < -0.39 is 0 Å². The van der Waals surface area contributed by atoms with Gasteiger partial charge >= 0.3 is 0 Å². The molecule has 20 heavy (non-hydrogen) atoms. The summed E-state index contributed by atoms with van der Waals surface area (Å²) in [6, 6.07) is 0.885. The van der Waals surface area contributed by atoms with E-state index in [9.17, 15) is 0 Å². The van der Waals surface area contributed by atoms with E-state index in [-0.39, 0.29) is 6.04 Å². The van der Waals surface area contributed by atoms with E-state index in [0.29, 0.717) is 18.5 Å². The summed E-state index contributed by atoms with van der Waals surface area (Å²) in [6.45, 7) is 3.29. The minimum atomic E-state index is 0.238. The van der Waals surface area contributed by atoms with Crippen LogP contribution in [0.3, 0.4) is 0 Å². The van der Waals surface area contributed by atoms with Gasteiger partial charge in [0.05, 0.1) is 6.04 Å². The van der Waals surface area contributed by atoms with Crippen molar-refractivity contribution in [1.82, 2.24) is 15.5 Å². The maximum atomic E-state index is 5.45. The Bertz CT molecular complexity index is 421. The summed E-state index contributed by atoms with van der Waals surface area (Å²) >= 11 is 0. The number of hydrogen-bond acceptors (Lipinski definition) is 5. The highest BCUT2D eigenvalue weighted by Gasteiger charge is 2.34. The van der Waals surface area contributed by atoms with Crippen molar-refractivity contribution in [2.75, 3.05) is 6.61 Å². The van der Waals surface area contributed by atoms with Gasteiger partial charge in [0, 0.05) is 12.6 Å². The molecule has 1 saturated carbocycles. The summed E-state index contributed by atoms with van der Waals surface area (Å²) in [5.74, 6) is 2.26. The Morgan fingerprint density at radius 3 is 3.05 bits per heavy atom. The van der Waals surface area contributed by atoms with E-state index in [4.69, 9.17) is 9.26 Å². The summed E-state index contributed by atoms with van der Waals surface area (Å²) < 4.78 is 10.9. The van der Waals surface area contributed by atoms with E-state index in [1.807, 2.05) is 0 Å². The standard InChI is InChI=1S/C15H25N3O2/c1-2-9-19-10-14-17-15(20-18-14)13-8-7-11-5-3-4-6-12(11)16-13/h11-13,16H,2-10H2,1H3. The first-order valence-corrected chi connectivity index (χ1v) is 8.03. The molecule has 3 atom stereocenters. The predicted octanol–water partition coefficient (Wildman–Crippen LogP) is 2.98. The zero-order valence-corrected chi connectivity index (χ0v) is 12.3. The van der Waals surface area contributed by atoms with Crippen molar-refractivity contribution < 1.29 is 9.26 Å². The predicted molar refractivity (Wildman–Crippen MR) is 75.1 cm³/mol. The third-order valence-corrected chi connectivity index (χ3v) is 4.51. The number of aromatic nitrogens is 2. The van der Waals surface area contributed by atoms with Crippen molar-refractivity contribution in [3.8, 4) is 0 Å². The van der Waals surface area contributed by atoms with Crippen molar-refractivity contribution in [2.24, 2.45) is 5.92 Å². The maximum absolute atomic E-state index is 5.45. The van der Waals surface area contributed by atoms with Crippen LogP contribution in [-0.4, -0.2) is 22.8 Å². The van der Waals surface area contributed by atoms with Gasteiger partial charge in [0.25, 0.3) is 0 Å². The third-order valence-electron chi connectivity index (χ3n) is 4.51. The number of nitrogens with zero attached hydrogens (tertiary/aromatic N) is 2. The average molecular weight is 279 g/mol. The van der Waals surface area contributed by atoms with Crippen LogP contribution < -0.4 is 5.32 Å². The molecule has 5 heteroatoms. The van der Waals surface area contributed by atoms with E-state index in [1.165, 1.54) is 32.1 Å². The Kier molecular flexibility index (Phi) is 4.68. The van der Waals surface area contributed by atoms with E-state index in [1.54, 1.807) is 0 Å². The van der Waals surface area contributed by atoms with Crippen LogP contribution in [0.2, 0.25) is 0 Å². The van der Waals surface area contributed by atoms with Gasteiger partial charge in [0.2, 0.25) is 5.89 Å². The lowest BCUT2D eigenvalue weighted by molar-refractivity contribution is 0.114. The first kappa shape index (κ1) is 14.0. The monoisotopic (exact) mass is 279 g/mol. The minimum Gasteiger partial charge on any atom is -0.373 e. The number of nitrogens with one attached hydrogen (secondary N) is 1. The fraction of sp³-hybridized carbons (Fsp3) is 0.867. The lowest BCUT2D eigenvalue weighted by atomic mass is 9.78. The molecule has 1 aliphatic heterocycles. The van der Waals surface area contributed by atoms with E-state index in [0.717, 1.165) is 31.3 Å². The average Bonchev–Trinajstić information content (AvgIpc) is 2.96. The lowest BCUT2D eigenvalue weighted by Gasteiger charge is -2.39. The number of piperidine rings is 1. The van der Waals surface area contributed by atoms with Crippen molar-refractivity contribution in [1.29, 1.82) is 0 Å². The van der Waals surface area contributed by atoms with Gasteiger partial charge in [-0.1, -0.05) is 24.9 Å². The lowest BCUT2D eigenvalue weighted by Crippen LogP contribution is -2.44. The number of rotatable bonds is 5. The molecule has 1 saturated heterocycles. The van der Waals surface area contributed by atoms with Gasteiger partial charge < -0.3 is 14.6 Å². The van der Waals surface area contributed by atoms with Crippen molar-refractivity contribution in [2.45, 2.75) is 70.6 Å². The molecule has 0 amide bonds. The summed E-state index contributed by atoms with van der Waals surface area (Å²) in [5.41, 5.74) is 0. The molecule has 1 aliphatic carbocycles. The first-order valence-electron chi connectivity index (χ1n) is 8.03. The van der Waals surface area contributed by atoms with E-state index in [2.05, 4.69) is 22.4 Å². The first-order chi connectivity index (χ1) is 9.86. The van der Waals surface area contributed by atoms with Crippen LogP contribution in [0, 0.1) is 5.92 Å². The van der Waals surface area contributed by atoms with Crippen LogP contribution in [-0.2, 0) is 11.3 Å². The van der Waals surface area contributed by atoms with Gasteiger partial charge in [-0.05, 0) is 38.0 Å². The van der Waals surface area contributed by atoms with Gasteiger partial charge in [0.15, 0.2) is 5.82 Å². The molecule has 0 spiro atoms. The minimum absolute atomic E-state index is 0.238. The SMILES string of the molecule is CCCOCc1noc(C2CCC3CCCCC3N2)n1. The Morgan fingerprint density at radius 1 is 1.25 bits per heavy atom. The van der Waals surface area contributed by atoms with Gasteiger partial charge in [-0.25, -0.2) is 0 Å². The molecule has 1 N–H and O–H groups in total. The zero-order chi connectivity index (χ0) is 13.8. The van der Waals surface area contributed by atoms with Gasteiger partial charge in [-0.15, -0.1) is 0 Å². The highest BCUT2D eigenvalue weighted by Crippen LogP contribution is 2.36. The molecule has 2 fully saturated rings. The fourth-order valence-corrected chi connectivity index (χ4v) is 3.47. The summed E-state index contributed by atoms with van der Waals surface area (Å²) in [6.07, 6.45) is 8.82. The van der Waals surface area contributed by atoms with Crippen LogP contribution in [0.15, 0.2) is 4.52 Å². The Morgan fingerprint density at radius 2 is 2.15 bits per heavy atom. The largest absolute Gasteiger partial charge is 0.373 e. The van der Waals surface area contributed by atoms with Crippen LogP contribution in [0.4, 0.5) is 0 Å². The second-order valence-electron chi connectivity index (χ2n) is 6.05. The molecular weight excluding hydrogens is 254 g/mol. The van der Waals surface area contributed by atoms with Gasteiger partial charge in [-0.2, -0.15) is 4.98 Å². The topological polar surface area (TPSA) is 60.2 Å². The fourth-order valence-electron chi connectivity index (χ4n) is 3.47. The van der Waals surface area contributed by atoms with Gasteiger partial charge in [0.1, 0.15) is 6.61 Å². The molecule has 1 aromatic heterocycles. The summed E-state index contributed by atoms with van der Waals surface area (Å²) in [5, 5.41) is 7.73. The molecular formula is C15H25N3O2. The van der Waals surface area contributed by atoms with E-state index >= 15 is 0 Å². The van der Waals surface area contributed by atoms with Crippen LogP contribution in [0.1, 0.15) is 69.6 Å². The summed E-state index contributed by atoms with van der Waals surface area (Å²) in [7, 11) is 0. The molecule has 3 rings (SSSR count). The highest BCUT2D eigenvalue weighted by molar-refractivity contribution is 4.98. The number of hydrogen-bond donors (Lipinski definition) is 1. The highest BCUT2D eigenvalue weighted by atomic mass is 16.5. The second kappa shape index (κ2) is 6.68. The second-order valence-corrected chi connectivity index (χ2v) is 6.05. The molecule has 112 valence electrons. The molecule has 2 heterocycles. The number of ether oxygens (including phenoxy) is 1. The van der Waals surface area contributed by atoms with Crippen LogP contribution in [0.5, 0.6) is 0 Å². The van der Waals surface area contributed by atoms with Crippen molar-refractivity contribution in [3.05, 3.63) is 11.7 Å². The Balaban J connectivity index is 1.56. The molecule has 2 aliphatic rings. The van der Waals surface area contributed by atoms with Crippen LogP contribution >= 0.6 is 0 Å². The Hall–Kier alpha value is -0.940. The molecule has 0 bridgehead atoms. The molecule has 5 nitrogen and oxygen atoms in total. The maximum Gasteiger partial charge on any atom is 0.243 e. The van der Waals surface area contributed by atoms with Crippen LogP contribution in [0.25, 0.3) is 0 Å². The summed E-state index contributed by atoms with van der Waals surface area (Å²) in [4.78, 5) is 4.48. The normalized spacial score (nSPS) is 30.1. The number of fused-ring (bicyclic) bond motifs is 1. The quantitative estimate of drug-likeness (QED) is 0.840.